The fourth-order valence-electron chi connectivity index (χ4n) is 2.52. The number of rotatable bonds is 3. The van der Waals surface area contributed by atoms with Crippen molar-refractivity contribution >= 4 is 34.0 Å². The van der Waals surface area contributed by atoms with Gasteiger partial charge in [-0.3, -0.25) is 9.78 Å². The summed E-state index contributed by atoms with van der Waals surface area (Å²) in [5.41, 5.74) is 1.42. The highest BCUT2D eigenvalue weighted by molar-refractivity contribution is 6.41. The molecule has 3 aromatic rings. The Hall–Kier alpha value is -2.24. The summed E-state index contributed by atoms with van der Waals surface area (Å²) in [5.74, 6) is 0.798. The second-order valence-corrected chi connectivity index (χ2v) is 5.97. The SMILES string of the molecule is COc1cc(OC)c(Cl)c(-c2cc3cnc(C)cc3c(=O)[nH]2)c1Cl. The lowest BCUT2D eigenvalue weighted by molar-refractivity contribution is 0.395. The quantitative estimate of drug-likeness (QED) is 0.755. The summed E-state index contributed by atoms with van der Waals surface area (Å²) >= 11 is 12.8. The number of aromatic amines is 1. The summed E-state index contributed by atoms with van der Waals surface area (Å²) < 4.78 is 10.5. The van der Waals surface area contributed by atoms with Gasteiger partial charge in [-0.2, -0.15) is 0 Å². The number of aryl methyl sites for hydroxylation is 1. The summed E-state index contributed by atoms with van der Waals surface area (Å²) in [4.78, 5) is 19.5. The normalized spacial score (nSPS) is 10.9. The van der Waals surface area contributed by atoms with Gasteiger partial charge < -0.3 is 14.5 Å². The Morgan fingerprint density at radius 2 is 1.67 bits per heavy atom. The maximum Gasteiger partial charge on any atom is 0.256 e. The van der Waals surface area contributed by atoms with Crippen LogP contribution in [0.25, 0.3) is 22.0 Å². The van der Waals surface area contributed by atoms with E-state index in [4.69, 9.17) is 32.7 Å². The average Bonchev–Trinajstić information content (AvgIpc) is 2.56. The molecule has 0 radical (unpaired) electrons. The van der Waals surface area contributed by atoms with Crippen LogP contribution < -0.4 is 15.0 Å². The molecule has 0 fully saturated rings. The number of H-pyrrole nitrogens is 1. The van der Waals surface area contributed by atoms with Gasteiger partial charge in [-0.15, -0.1) is 0 Å². The van der Waals surface area contributed by atoms with Gasteiger partial charge in [0.25, 0.3) is 5.56 Å². The maximum atomic E-state index is 12.4. The average molecular weight is 365 g/mol. The molecule has 1 N–H and O–H groups in total. The molecule has 3 rings (SSSR count). The number of benzene rings is 1. The number of methoxy groups -OCH3 is 2. The summed E-state index contributed by atoms with van der Waals surface area (Å²) in [5, 5.41) is 1.82. The zero-order chi connectivity index (χ0) is 17.4. The minimum Gasteiger partial charge on any atom is -0.495 e. The van der Waals surface area contributed by atoms with Gasteiger partial charge >= 0.3 is 0 Å². The third-order valence-electron chi connectivity index (χ3n) is 3.71. The molecule has 7 heteroatoms. The Morgan fingerprint density at radius 1 is 1.04 bits per heavy atom. The zero-order valence-electron chi connectivity index (χ0n) is 13.2. The molecule has 0 aliphatic carbocycles. The number of pyridine rings is 2. The van der Waals surface area contributed by atoms with Crippen molar-refractivity contribution in [2.24, 2.45) is 0 Å². The molecule has 0 bridgehead atoms. The summed E-state index contributed by atoms with van der Waals surface area (Å²) in [6.07, 6.45) is 1.64. The number of fused-ring (bicyclic) bond motifs is 1. The molecule has 2 heterocycles. The van der Waals surface area contributed by atoms with E-state index in [2.05, 4.69) is 9.97 Å². The number of halogens is 2. The molecule has 1 aromatic carbocycles. The third-order valence-corrected chi connectivity index (χ3v) is 4.46. The van der Waals surface area contributed by atoms with Crippen LogP contribution in [-0.4, -0.2) is 24.2 Å². The molecule has 0 aliphatic rings. The first kappa shape index (κ1) is 16.6. The summed E-state index contributed by atoms with van der Waals surface area (Å²) in [6.45, 7) is 1.83. The second-order valence-electron chi connectivity index (χ2n) is 5.21. The van der Waals surface area contributed by atoms with Gasteiger partial charge in [0.15, 0.2) is 0 Å². The lowest BCUT2D eigenvalue weighted by Crippen LogP contribution is -2.08. The van der Waals surface area contributed by atoms with Crippen LogP contribution in [0.4, 0.5) is 0 Å². The minimum absolute atomic E-state index is 0.248. The van der Waals surface area contributed by atoms with Crippen LogP contribution in [0.1, 0.15) is 5.69 Å². The standard InChI is InChI=1S/C17H14Cl2N2O3/c1-8-4-10-9(7-20-8)5-11(21-17(10)22)14-15(18)12(23-2)6-13(24-3)16(14)19/h4-7H,1-3H3,(H,21,22). The fraction of sp³-hybridized carbons (Fsp3) is 0.176. The van der Waals surface area contributed by atoms with Crippen molar-refractivity contribution in [1.29, 1.82) is 0 Å². The van der Waals surface area contributed by atoms with E-state index in [9.17, 15) is 4.79 Å². The Balaban J connectivity index is 2.35. The maximum absolute atomic E-state index is 12.4. The van der Waals surface area contributed by atoms with Crippen molar-refractivity contribution in [3.63, 3.8) is 0 Å². The topological polar surface area (TPSA) is 64.2 Å². The Kier molecular flexibility index (Phi) is 4.39. The highest BCUT2D eigenvalue weighted by Gasteiger charge is 2.20. The number of ether oxygens (including phenoxy) is 2. The van der Waals surface area contributed by atoms with E-state index in [0.29, 0.717) is 43.6 Å². The molecule has 0 unspecified atom stereocenters. The number of hydrogen-bond acceptors (Lipinski definition) is 4. The number of nitrogens with one attached hydrogen (secondary N) is 1. The van der Waals surface area contributed by atoms with E-state index in [1.54, 1.807) is 24.4 Å². The predicted molar refractivity (Wildman–Crippen MR) is 95.7 cm³/mol. The Morgan fingerprint density at radius 3 is 2.25 bits per heavy atom. The first-order valence-electron chi connectivity index (χ1n) is 7.06. The van der Waals surface area contributed by atoms with E-state index in [-0.39, 0.29) is 5.56 Å². The molecule has 0 saturated carbocycles. The van der Waals surface area contributed by atoms with Crippen LogP contribution in [-0.2, 0) is 0 Å². The van der Waals surface area contributed by atoms with Crippen molar-refractivity contribution in [3.8, 4) is 22.8 Å². The molecule has 124 valence electrons. The summed E-state index contributed by atoms with van der Waals surface area (Å²) in [6, 6.07) is 5.10. The van der Waals surface area contributed by atoms with Crippen molar-refractivity contribution in [2.75, 3.05) is 14.2 Å². The molecular formula is C17H14Cl2N2O3. The predicted octanol–water partition coefficient (Wildman–Crippen LogP) is 4.22. The van der Waals surface area contributed by atoms with E-state index in [0.717, 1.165) is 5.69 Å². The van der Waals surface area contributed by atoms with Crippen molar-refractivity contribution < 1.29 is 9.47 Å². The highest BCUT2D eigenvalue weighted by atomic mass is 35.5. The smallest absolute Gasteiger partial charge is 0.256 e. The lowest BCUT2D eigenvalue weighted by Gasteiger charge is -2.15. The van der Waals surface area contributed by atoms with Gasteiger partial charge in [0.2, 0.25) is 0 Å². The molecule has 0 atom stereocenters. The lowest BCUT2D eigenvalue weighted by atomic mass is 10.1. The molecule has 0 amide bonds. The van der Waals surface area contributed by atoms with Crippen molar-refractivity contribution in [2.45, 2.75) is 6.92 Å². The molecule has 0 aliphatic heterocycles. The van der Waals surface area contributed by atoms with E-state index in [1.165, 1.54) is 14.2 Å². The van der Waals surface area contributed by atoms with E-state index < -0.39 is 0 Å². The number of nitrogens with zero attached hydrogens (tertiary/aromatic N) is 1. The number of hydrogen-bond donors (Lipinski definition) is 1. The Bertz CT molecular complexity index is 971. The van der Waals surface area contributed by atoms with Crippen molar-refractivity contribution in [3.05, 3.63) is 50.5 Å². The third kappa shape index (κ3) is 2.70. The van der Waals surface area contributed by atoms with Gasteiger partial charge in [-0.1, -0.05) is 23.2 Å². The first-order valence-corrected chi connectivity index (χ1v) is 7.82. The monoisotopic (exact) mass is 364 g/mol. The molecule has 0 saturated heterocycles. The molecule has 5 nitrogen and oxygen atoms in total. The fourth-order valence-corrected chi connectivity index (χ4v) is 3.22. The van der Waals surface area contributed by atoms with Crippen LogP contribution in [0, 0.1) is 6.92 Å². The van der Waals surface area contributed by atoms with Crippen LogP contribution in [0.3, 0.4) is 0 Å². The van der Waals surface area contributed by atoms with Crippen LogP contribution in [0.5, 0.6) is 11.5 Å². The van der Waals surface area contributed by atoms with Gasteiger partial charge in [-0.05, 0) is 19.1 Å². The van der Waals surface area contributed by atoms with Crippen LogP contribution in [0.2, 0.25) is 10.0 Å². The highest BCUT2D eigenvalue weighted by Crippen LogP contribution is 2.45. The van der Waals surface area contributed by atoms with Gasteiger partial charge in [0.05, 0.1) is 35.3 Å². The van der Waals surface area contributed by atoms with Gasteiger partial charge in [-0.25, -0.2) is 0 Å². The van der Waals surface area contributed by atoms with Gasteiger partial charge in [0, 0.05) is 28.9 Å². The number of aromatic nitrogens is 2. The van der Waals surface area contributed by atoms with Gasteiger partial charge in [0.1, 0.15) is 11.5 Å². The zero-order valence-corrected chi connectivity index (χ0v) is 14.7. The molecular weight excluding hydrogens is 351 g/mol. The molecule has 24 heavy (non-hydrogen) atoms. The first-order chi connectivity index (χ1) is 11.5. The summed E-state index contributed by atoms with van der Waals surface area (Å²) in [7, 11) is 2.99. The largest absolute Gasteiger partial charge is 0.495 e. The van der Waals surface area contributed by atoms with Crippen LogP contribution >= 0.6 is 23.2 Å². The molecule has 0 spiro atoms. The van der Waals surface area contributed by atoms with E-state index in [1.807, 2.05) is 6.92 Å². The van der Waals surface area contributed by atoms with Crippen molar-refractivity contribution in [1.82, 2.24) is 9.97 Å². The Labute approximate surface area is 148 Å². The van der Waals surface area contributed by atoms with Crippen LogP contribution in [0.15, 0.2) is 29.2 Å². The molecule has 2 aromatic heterocycles. The second kappa shape index (κ2) is 6.34. The van der Waals surface area contributed by atoms with E-state index >= 15 is 0 Å². The minimum atomic E-state index is -0.248.